The third-order valence-electron chi connectivity index (χ3n) is 7.51. The molecule has 0 spiro atoms. The van der Waals surface area contributed by atoms with Gasteiger partial charge < -0.3 is 19.4 Å². The van der Waals surface area contributed by atoms with E-state index < -0.39 is 6.10 Å². The highest BCUT2D eigenvalue weighted by Gasteiger charge is 2.41. The number of aliphatic hydroxyl groups excluding tert-OH is 1. The molecule has 33 heavy (non-hydrogen) atoms. The molecule has 0 radical (unpaired) electrons. The minimum Gasteiger partial charge on any atom is -0.508 e. The lowest BCUT2D eigenvalue weighted by Crippen LogP contribution is -2.47. The van der Waals surface area contributed by atoms with Crippen molar-refractivity contribution in [1.82, 2.24) is 4.90 Å². The van der Waals surface area contributed by atoms with Crippen molar-refractivity contribution in [2.45, 2.75) is 49.8 Å². The molecule has 2 N–H and O–H groups in total. The highest BCUT2D eigenvalue weighted by molar-refractivity contribution is 5.85. The van der Waals surface area contributed by atoms with E-state index >= 15 is 0 Å². The number of phenolic OH excluding ortho intramolecular Hbond substituents is 1. The average Bonchev–Trinajstić information content (AvgIpc) is 3.38. The van der Waals surface area contributed by atoms with Crippen molar-refractivity contribution >= 4 is 21.7 Å². The van der Waals surface area contributed by atoms with Gasteiger partial charge in [-0.15, -0.1) is 0 Å². The summed E-state index contributed by atoms with van der Waals surface area (Å²) in [4.78, 5) is 2.51. The van der Waals surface area contributed by atoms with E-state index in [9.17, 15) is 10.2 Å². The summed E-state index contributed by atoms with van der Waals surface area (Å²) >= 11 is 0. The van der Waals surface area contributed by atoms with Crippen LogP contribution in [0.5, 0.6) is 11.5 Å². The number of furan rings is 1. The van der Waals surface area contributed by atoms with Gasteiger partial charge in [0.15, 0.2) is 0 Å². The first-order chi connectivity index (χ1) is 16.1. The van der Waals surface area contributed by atoms with Gasteiger partial charge >= 0.3 is 0 Å². The lowest BCUT2D eigenvalue weighted by atomic mass is 9.84. The minimum absolute atomic E-state index is 0.276. The highest BCUT2D eigenvalue weighted by Crippen LogP contribution is 2.43. The zero-order valence-electron chi connectivity index (χ0n) is 18.6. The number of phenols is 1. The van der Waals surface area contributed by atoms with Gasteiger partial charge in [-0.25, -0.2) is 0 Å². The van der Waals surface area contributed by atoms with Crippen LogP contribution >= 0.6 is 0 Å². The van der Waals surface area contributed by atoms with Crippen molar-refractivity contribution in [2.75, 3.05) is 13.2 Å². The Hall–Kier alpha value is -3.02. The van der Waals surface area contributed by atoms with Gasteiger partial charge in [0.05, 0.1) is 11.6 Å². The summed E-state index contributed by atoms with van der Waals surface area (Å²) < 4.78 is 11.4. The lowest BCUT2D eigenvalue weighted by molar-refractivity contribution is 0.0321. The van der Waals surface area contributed by atoms with Gasteiger partial charge in [-0.2, -0.15) is 0 Å². The molecule has 5 nitrogen and oxygen atoms in total. The Morgan fingerprint density at radius 3 is 2.64 bits per heavy atom. The number of nitrogens with zero attached hydrogens (tertiary/aromatic N) is 1. The average molecular weight is 444 g/mol. The molecule has 170 valence electrons. The third-order valence-corrected chi connectivity index (χ3v) is 7.51. The molecule has 0 aliphatic carbocycles. The number of aromatic hydroxyl groups is 1. The van der Waals surface area contributed by atoms with E-state index in [0.717, 1.165) is 40.3 Å². The van der Waals surface area contributed by atoms with Gasteiger partial charge in [0.1, 0.15) is 29.8 Å². The Balaban J connectivity index is 1.10. The molecule has 0 saturated carbocycles. The fourth-order valence-electron chi connectivity index (χ4n) is 5.93. The molecular weight excluding hydrogens is 414 g/mol. The molecule has 2 unspecified atom stereocenters. The second-order valence-electron chi connectivity index (χ2n) is 9.59. The van der Waals surface area contributed by atoms with Gasteiger partial charge in [0, 0.05) is 18.6 Å². The van der Waals surface area contributed by atoms with Gasteiger partial charge in [0.2, 0.25) is 0 Å². The van der Waals surface area contributed by atoms with E-state index in [0.29, 0.717) is 30.3 Å². The Labute approximate surface area is 193 Å². The molecule has 3 aromatic carbocycles. The number of ether oxygens (including phenoxy) is 1. The molecule has 2 aliphatic rings. The van der Waals surface area contributed by atoms with Gasteiger partial charge in [-0.3, -0.25) is 4.90 Å². The number of rotatable bonds is 6. The molecular formula is C28H29NO4. The predicted octanol–water partition coefficient (Wildman–Crippen LogP) is 5.44. The second kappa shape index (κ2) is 8.40. The first-order valence-corrected chi connectivity index (χ1v) is 11.9. The lowest BCUT2D eigenvalue weighted by Gasteiger charge is -2.40. The number of aliphatic hydroxyl groups is 1. The van der Waals surface area contributed by atoms with Crippen LogP contribution in [0.4, 0.5) is 0 Å². The number of fused-ring (bicyclic) bond motifs is 4. The second-order valence-corrected chi connectivity index (χ2v) is 9.59. The summed E-state index contributed by atoms with van der Waals surface area (Å²) in [5, 5.41) is 23.8. The van der Waals surface area contributed by atoms with Crippen molar-refractivity contribution in [3.05, 3.63) is 72.5 Å². The van der Waals surface area contributed by atoms with Crippen molar-refractivity contribution < 1.29 is 19.4 Å². The van der Waals surface area contributed by atoms with Crippen LogP contribution in [0, 0.1) is 0 Å². The van der Waals surface area contributed by atoms with Gasteiger partial charge in [0.25, 0.3) is 0 Å². The number of hydrogen-bond donors (Lipinski definition) is 2. The molecule has 6 rings (SSSR count). The number of hydrogen-bond acceptors (Lipinski definition) is 5. The summed E-state index contributed by atoms with van der Waals surface area (Å²) in [5.74, 6) is 1.59. The van der Waals surface area contributed by atoms with E-state index in [1.165, 1.54) is 18.4 Å². The maximum Gasteiger partial charge on any atom is 0.137 e. The number of piperidine rings is 1. The Morgan fingerprint density at radius 2 is 1.79 bits per heavy atom. The summed E-state index contributed by atoms with van der Waals surface area (Å²) in [6.45, 7) is 0.923. The molecule has 1 aromatic heterocycles. The molecule has 5 heteroatoms. The van der Waals surface area contributed by atoms with Gasteiger partial charge in [-0.05, 0) is 78.3 Å². The normalized spacial score (nSPS) is 23.8. The summed E-state index contributed by atoms with van der Waals surface area (Å²) in [6.07, 6.45) is 5.74. The van der Waals surface area contributed by atoms with Crippen LogP contribution in [0.3, 0.4) is 0 Å². The monoisotopic (exact) mass is 443 g/mol. The van der Waals surface area contributed by atoms with Crippen molar-refractivity contribution in [1.29, 1.82) is 0 Å². The smallest absolute Gasteiger partial charge is 0.137 e. The first kappa shape index (κ1) is 20.6. The van der Waals surface area contributed by atoms with Gasteiger partial charge in [-0.1, -0.05) is 30.3 Å². The van der Waals surface area contributed by atoms with Crippen molar-refractivity contribution in [3.8, 4) is 11.5 Å². The zero-order chi connectivity index (χ0) is 22.4. The van der Waals surface area contributed by atoms with Crippen molar-refractivity contribution in [3.63, 3.8) is 0 Å². The van der Waals surface area contributed by atoms with Crippen LogP contribution in [0.25, 0.3) is 21.7 Å². The van der Waals surface area contributed by atoms with Crippen molar-refractivity contribution in [2.24, 2.45) is 0 Å². The van der Waals surface area contributed by atoms with E-state index in [1.54, 1.807) is 12.3 Å². The summed E-state index contributed by atoms with van der Waals surface area (Å²) in [7, 11) is 0. The molecule has 3 heterocycles. The molecule has 2 aliphatic heterocycles. The fourth-order valence-corrected chi connectivity index (χ4v) is 5.93. The molecule has 2 bridgehead atoms. The number of benzene rings is 3. The van der Waals surface area contributed by atoms with E-state index in [4.69, 9.17) is 9.15 Å². The van der Waals surface area contributed by atoms with Crippen LogP contribution in [0.15, 0.2) is 71.3 Å². The van der Waals surface area contributed by atoms with Crippen LogP contribution < -0.4 is 4.74 Å². The van der Waals surface area contributed by atoms with Crippen LogP contribution in [-0.4, -0.2) is 46.5 Å². The zero-order valence-corrected chi connectivity index (χ0v) is 18.6. The Morgan fingerprint density at radius 1 is 0.970 bits per heavy atom. The largest absolute Gasteiger partial charge is 0.508 e. The maximum absolute atomic E-state index is 10.8. The van der Waals surface area contributed by atoms with Crippen LogP contribution in [0.2, 0.25) is 0 Å². The minimum atomic E-state index is -0.532. The molecule has 4 aromatic rings. The maximum atomic E-state index is 10.8. The Bertz CT molecular complexity index is 1270. The van der Waals surface area contributed by atoms with Crippen LogP contribution in [0.1, 0.15) is 37.2 Å². The topological polar surface area (TPSA) is 66.1 Å². The quantitative estimate of drug-likeness (QED) is 0.415. The molecule has 0 amide bonds. The standard InChI is InChI=1S/C28H29NO4/c30-24-9-6-18-4-5-19(12-20(18)15-24)21-13-22-7-8-23(14-21)29(22)16-25(31)17-33-28-3-1-2-27-26(28)10-11-32-27/h1-6,9-12,15,21-23,25,30-31H,7-8,13-14,16-17H2/t21?,22?,23?,25-/m0/s1. The fraction of sp³-hybridized carbons (Fsp3) is 0.357. The Kier molecular flexibility index (Phi) is 5.24. The summed E-state index contributed by atoms with van der Waals surface area (Å²) in [5.41, 5.74) is 2.16. The molecule has 2 saturated heterocycles. The predicted molar refractivity (Wildman–Crippen MR) is 129 cm³/mol. The van der Waals surface area contributed by atoms with E-state index in [-0.39, 0.29) is 6.61 Å². The highest BCUT2D eigenvalue weighted by atomic mass is 16.5. The van der Waals surface area contributed by atoms with E-state index in [1.807, 2.05) is 36.4 Å². The van der Waals surface area contributed by atoms with Crippen LogP contribution in [-0.2, 0) is 0 Å². The first-order valence-electron chi connectivity index (χ1n) is 11.9. The molecule has 3 atom stereocenters. The summed E-state index contributed by atoms with van der Waals surface area (Å²) in [6, 6.07) is 20.9. The third kappa shape index (κ3) is 3.96. The molecule has 2 fully saturated rings. The SMILES string of the molecule is Oc1ccc2ccc(C3CC4CCC(C3)N4C[C@H](O)COc3cccc4occc34)cc2c1. The van der Waals surface area contributed by atoms with E-state index in [2.05, 4.69) is 23.1 Å².